The van der Waals surface area contributed by atoms with Crippen molar-refractivity contribution in [2.45, 2.75) is 19.3 Å². The maximum atomic E-state index is 12.1. The van der Waals surface area contributed by atoms with Gasteiger partial charge in [0.05, 0.1) is 6.26 Å². The smallest absolute Gasteiger partial charge is 0.374 e. The first-order valence-corrected chi connectivity index (χ1v) is 7.96. The second-order valence-electron chi connectivity index (χ2n) is 5.91. The summed E-state index contributed by atoms with van der Waals surface area (Å²) >= 11 is 0. The van der Waals surface area contributed by atoms with E-state index in [1.54, 1.807) is 12.1 Å². The summed E-state index contributed by atoms with van der Waals surface area (Å²) in [6.07, 6.45) is 4.76. The van der Waals surface area contributed by atoms with E-state index in [0.29, 0.717) is 19.1 Å². The van der Waals surface area contributed by atoms with Crippen molar-refractivity contribution in [3.8, 4) is 0 Å². The maximum absolute atomic E-state index is 12.1. The molecule has 0 atom stereocenters. The molecule has 2 heterocycles. The summed E-state index contributed by atoms with van der Waals surface area (Å²) in [7, 11) is 0. The largest absolute Gasteiger partial charge is 0.458 e. The summed E-state index contributed by atoms with van der Waals surface area (Å²) in [5.74, 6) is 0.413. The van der Waals surface area contributed by atoms with Gasteiger partial charge in [0, 0.05) is 38.6 Å². The fraction of sp³-hybridized carbons (Fsp3) is 0.625. The SMILES string of the molecule is O=C(OCCN1CCN(C(=O)C2CCC2)CC1)c1ccco1. The number of esters is 1. The van der Waals surface area contributed by atoms with Gasteiger partial charge in [0.2, 0.25) is 11.7 Å². The van der Waals surface area contributed by atoms with Crippen LogP contribution in [0.4, 0.5) is 0 Å². The number of rotatable bonds is 5. The zero-order valence-corrected chi connectivity index (χ0v) is 12.7. The molecule has 0 spiro atoms. The van der Waals surface area contributed by atoms with E-state index in [9.17, 15) is 9.59 Å². The van der Waals surface area contributed by atoms with E-state index in [1.807, 2.05) is 4.90 Å². The lowest BCUT2D eigenvalue weighted by molar-refractivity contribution is -0.140. The van der Waals surface area contributed by atoms with Crippen molar-refractivity contribution in [3.63, 3.8) is 0 Å². The summed E-state index contributed by atoms with van der Waals surface area (Å²) in [6, 6.07) is 3.25. The van der Waals surface area contributed by atoms with E-state index in [-0.39, 0.29) is 11.7 Å². The molecule has 2 fully saturated rings. The normalized spacial score (nSPS) is 19.7. The Hall–Kier alpha value is -1.82. The zero-order valence-electron chi connectivity index (χ0n) is 12.7. The molecular formula is C16H22N2O4. The monoisotopic (exact) mass is 306 g/mol. The minimum Gasteiger partial charge on any atom is -0.458 e. The molecule has 120 valence electrons. The Labute approximate surface area is 130 Å². The van der Waals surface area contributed by atoms with Gasteiger partial charge >= 0.3 is 5.97 Å². The van der Waals surface area contributed by atoms with Crippen LogP contribution in [0.3, 0.4) is 0 Å². The summed E-state index contributed by atoms with van der Waals surface area (Å²) in [4.78, 5) is 28.0. The van der Waals surface area contributed by atoms with Gasteiger partial charge < -0.3 is 14.1 Å². The second kappa shape index (κ2) is 6.96. The third-order valence-electron chi connectivity index (χ3n) is 4.50. The van der Waals surface area contributed by atoms with Gasteiger partial charge in [0.1, 0.15) is 6.61 Å². The molecule has 1 aromatic heterocycles. The standard InChI is InChI=1S/C16H22N2O4/c19-15(13-3-1-4-13)18-8-6-17(7-9-18)10-12-22-16(20)14-5-2-11-21-14/h2,5,11,13H,1,3-4,6-10,12H2. The molecule has 1 saturated heterocycles. The van der Waals surface area contributed by atoms with Gasteiger partial charge in [-0.05, 0) is 25.0 Å². The second-order valence-corrected chi connectivity index (χ2v) is 5.91. The molecule has 1 aliphatic carbocycles. The molecule has 0 radical (unpaired) electrons. The van der Waals surface area contributed by atoms with Gasteiger partial charge in [-0.2, -0.15) is 0 Å². The number of hydrogen-bond acceptors (Lipinski definition) is 5. The summed E-state index contributed by atoms with van der Waals surface area (Å²) < 4.78 is 10.2. The van der Waals surface area contributed by atoms with Crippen molar-refractivity contribution in [2.24, 2.45) is 5.92 Å². The number of amides is 1. The van der Waals surface area contributed by atoms with Crippen molar-refractivity contribution in [3.05, 3.63) is 24.2 Å². The molecule has 0 bridgehead atoms. The van der Waals surface area contributed by atoms with E-state index in [4.69, 9.17) is 9.15 Å². The third kappa shape index (κ3) is 3.50. The Kier molecular flexibility index (Phi) is 4.77. The highest BCUT2D eigenvalue weighted by Crippen LogP contribution is 2.28. The molecule has 22 heavy (non-hydrogen) atoms. The van der Waals surface area contributed by atoms with E-state index in [2.05, 4.69) is 4.90 Å². The van der Waals surface area contributed by atoms with Gasteiger partial charge in [-0.15, -0.1) is 0 Å². The van der Waals surface area contributed by atoms with Crippen LogP contribution in [0.2, 0.25) is 0 Å². The molecule has 1 aliphatic heterocycles. The lowest BCUT2D eigenvalue weighted by Crippen LogP contribution is -2.51. The van der Waals surface area contributed by atoms with E-state index < -0.39 is 5.97 Å². The van der Waals surface area contributed by atoms with Crippen molar-refractivity contribution in [1.29, 1.82) is 0 Å². The average Bonchev–Trinajstić information content (AvgIpc) is 3.00. The predicted molar refractivity (Wildman–Crippen MR) is 79.4 cm³/mol. The van der Waals surface area contributed by atoms with Crippen LogP contribution in [-0.2, 0) is 9.53 Å². The number of furan rings is 1. The Morgan fingerprint density at radius 3 is 2.59 bits per heavy atom. The lowest BCUT2D eigenvalue weighted by Gasteiger charge is -2.38. The number of piperazine rings is 1. The molecule has 0 unspecified atom stereocenters. The number of nitrogens with zero attached hydrogens (tertiary/aromatic N) is 2. The van der Waals surface area contributed by atoms with Crippen LogP contribution in [0.1, 0.15) is 29.8 Å². The highest BCUT2D eigenvalue weighted by atomic mass is 16.5. The van der Waals surface area contributed by atoms with Crippen LogP contribution in [-0.4, -0.2) is 61.0 Å². The van der Waals surface area contributed by atoms with Gasteiger partial charge in [-0.1, -0.05) is 6.42 Å². The van der Waals surface area contributed by atoms with Crippen LogP contribution in [0.5, 0.6) is 0 Å². The van der Waals surface area contributed by atoms with Gasteiger partial charge in [-0.25, -0.2) is 4.79 Å². The molecule has 0 aromatic carbocycles. The van der Waals surface area contributed by atoms with E-state index >= 15 is 0 Å². The number of carbonyl (C=O) groups excluding carboxylic acids is 2. The fourth-order valence-corrected chi connectivity index (χ4v) is 2.84. The van der Waals surface area contributed by atoms with Crippen LogP contribution in [0.25, 0.3) is 0 Å². The Morgan fingerprint density at radius 2 is 2.00 bits per heavy atom. The summed E-state index contributed by atoms with van der Waals surface area (Å²) in [6.45, 7) is 4.28. The first-order chi connectivity index (χ1) is 10.7. The first-order valence-electron chi connectivity index (χ1n) is 7.96. The summed E-state index contributed by atoms with van der Waals surface area (Å²) in [5, 5.41) is 0. The van der Waals surface area contributed by atoms with Crippen molar-refractivity contribution in [1.82, 2.24) is 9.80 Å². The molecular weight excluding hydrogens is 284 g/mol. The Bertz CT molecular complexity index is 502. The first kappa shape index (κ1) is 15.1. The number of carbonyl (C=O) groups is 2. The minimum absolute atomic E-state index is 0.232. The van der Waals surface area contributed by atoms with Gasteiger partial charge in [0.15, 0.2) is 0 Å². The molecule has 3 rings (SSSR count). The molecule has 2 aliphatic rings. The molecule has 6 nitrogen and oxygen atoms in total. The topological polar surface area (TPSA) is 63.0 Å². The zero-order chi connectivity index (χ0) is 15.4. The third-order valence-corrected chi connectivity index (χ3v) is 4.50. The van der Waals surface area contributed by atoms with Gasteiger partial charge in [0.25, 0.3) is 0 Å². The predicted octanol–water partition coefficient (Wildman–Crippen LogP) is 1.38. The van der Waals surface area contributed by atoms with E-state index in [1.165, 1.54) is 12.7 Å². The molecule has 1 amide bonds. The lowest BCUT2D eigenvalue weighted by atomic mass is 9.84. The van der Waals surface area contributed by atoms with Crippen molar-refractivity contribution < 1.29 is 18.7 Å². The highest BCUT2D eigenvalue weighted by molar-refractivity contribution is 5.86. The van der Waals surface area contributed by atoms with Gasteiger partial charge in [-0.3, -0.25) is 9.69 Å². The molecule has 1 saturated carbocycles. The highest BCUT2D eigenvalue weighted by Gasteiger charge is 2.31. The minimum atomic E-state index is -0.427. The van der Waals surface area contributed by atoms with Crippen molar-refractivity contribution in [2.75, 3.05) is 39.3 Å². The van der Waals surface area contributed by atoms with Crippen molar-refractivity contribution >= 4 is 11.9 Å². The Morgan fingerprint density at radius 1 is 1.23 bits per heavy atom. The van der Waals surface area contributed by atoms with Crippen LogP contribution in [0, 0.1) is 5.92 Å². The number of ether oxygens (including phenoxy) is 1. The quantitative estimate of drug-likeness (QED) is 0.769. The summed E-state index contributed by atoms with van der Waals surface area (Å²) in [5.41, 5.74) is 0. The fourth-order valence-electron chi connectivity index (χ4n) is 2.84. The van der Waals surface area contributed by atoms with Crippen LogP contribution in [0.15, 0.2) is 22.8 Å². The molecule has 1 aromatic rings. The van der Waals surface area contributed by atoms with Crippen LogP contribution < -0.4 is 0 Å². The van der Waals surface area contributed by atoms with E-state index in [0.717, 1.165) is 39.0 Å². The maximum Gasteiger partial charge on any atom is 0.374 e. The number of hydrogen-bond donors (Lipinski definition) is 0. The molecule has 6 heteroatoms. The van der Waals surface area contributed by atoms with Crippen LogP contribution >= 0.6 is 0 Å². The average molecular weight is 306 g/mol. The molecule has 0 N–H and O–H groups in total. The Balaban J connectivity index is 1.34.